The summed E-state index contributed by atoms with van der Waals surface area (Å²) in [7, 11) is 0. The van der Waals surface area contributed by atoms with E-state index in [1.165, 1.54) is 17.5 Å². The van der Waals surface area contributed by atoms with Crippen LogP contribution in [-0.4, -0.2) is 53.2 Å². The predicted molar refractivity (Wildman–Crippen MR) is 89.8 cm³/mol. The lowest BCUT2D eigenvalue weighted by Crippen LogP contribution is -2.59. The molecule has 1 N–H and O–H groups in total. The van der Waals surface area contributed by atoms with Crippen LogP contribution in [0.15, 0.2) is 24.3 Å². The van der Waals surface area contributed by atoms with E-state index < -0.39 is 6.09 Å². The van der Waals surface area contributed by atoms with E-state index in [0.29, 0.717) is 18.4 Å². The molecule has 4 heteroatoms. The van der Waals surface area contributed by atoms with E-state index in [-0.39, 0.29) is 6.04 Å². The normalized spacial score (nSPS) is 32.3. The number of aryl methyl sites for hydroxylation is 1. The second-order valence-electron chi connectivity index (χ2n) is 7.43. The van der Waals surface area contributed by atoms with Crippen LogP contribution in [0.1, 0.15) is 42.7 Å². The molecule has 3 saturated heterocycles. The molecule has 0 saturated carbocycles. The highest BCUT2D eigenvalue weighted by Gasteiger charge is 2.40. The molecule has 2 atom stereocenters. The van der Waals surface area contributed by atoms with Crippen molar-refractivity contribution >= 4 is 6.09 Å². The van der Waals surface area contributed by atoms with Gasteiger partial charge in [0.05, 0.1) is 6.04 Å². The van der Waals surface area contributed by atoms with E-state index in [0.717, 1.165) is 45.3 Å². The molecule has 3 aliphatic heterocycles. The Bertz CT molecular complexity index is 580. The Labute approximate surface area is 138 Å². The number of hydrogen-bond acceptors (Lipinski definition) is 2. The second kappa shape index (κ2) is 6.16. The van der Waals surface area contributed by atoms with Crippen molar-refractivity contribution in [3.8, 4) is 0 Å². The number of amides is 1. The number of benzene rings is 1. The van der Waals surface area contributed by atoms with Crippen LogP contribution in [0.3, 0.4) is 0 Å². The Hall–Kier alpha value is -1.55. The average molecular weight is 314 g/mol. The summed E-state index contributed by atoms with van der Waals surface area (Å²) in [4.78, 5) is 16.2. The number of piperidine rings is 3. The Balaban J connectivity index is 1.55. The molecule has 124 valence electrons. The minimum Gasteiger partial charge on any atom is -0.465 e. The third-order valence-corrected chi connectivity index (χ3v) is 6.18. The Morgan fingerprint density at radius 1 is 1.22 bits per heavy atom. The number of rotatable bonds is 3. The highest BCUT2D eigenvalue weighted by Crippen LogP contribution is 2.36. The first-order valence-electron chi connectivity index (χ1n) is 9.02. The number of carbonyl (C=O) groups is 1. The third-order valence-electron chi connectivity index (χ3n) is 6.18. The third kappa shape index (κ3) is 2.85. The maximum Gasteiger partial charge on any atom is 0.407 e. The zero-order valence-corrected chi connectivity index (χ0v) is 13.7. The average Bonchev–Trinajstić information content (AvgIpc) is 2.60. The van der Waals surface area contributed by atoms with Crippen LogP contribution in [0, 0.1) is 5.92 Å². The van der Waals surface area contributed by atoms with Crippen LogP contribution in [-0.2, 0) is 6.42 Å². The molecule has 23 heavy (non-hydrogen) atoms. The van der Waals surface area contributed by atoms with Crippen molar-refractivity contribution in [1.29, 1.82) is 0 Å². The van der Waals surface area contributed by atoms with Gasteiger partial charge in [-0.15, -0.1) is 0 Å². The molecule has 1 aromatic carbocycles. The smallest absolute Gasteiger partial charge is 0.407 e. The molecule has 5 rings (SSSR count). The van der Waals surface area contributed by atoms with Crippen molar-refractivity contribution in [3.05, 3.63) is 35.4 Å². The van der Waals surface area contributed by atoms with Crippen LogP contribution in [0.5, 0.6) is 0 Å². The Morgan fingerprint density at radius 3 is 2.70 bits per heavy atom. The number of fused-ring (bicyclic) bond motifs is 4. The summed E-state index contributed by atoms with van der Waals surface area (Å²) in [5.74, 6) is 0.932. The lowest BCUT2D eigenvalue weighted by Gasteiger charge is -2.49. The fourth-order valence-corrected chi connectivity index (χ4v) is 4.92. The van der Waals surface area contributed by atoms with Gasteiger partial charge in [0.25, 0.3) is 0 Å². The first-order valence-corrected chi connectivity index (χ1v) is 9.02. The van der Waals surface area contributed by atoms with Crippen molar-refractivity contribution in [3.63, 3.8) is 0 Å². The van der Waals surface area contributed by atoms with Gasteiger partial charge in [-0.3, -0.25) is 0 Å². The molecule has 0 unspecified atom stereocenters. The molecule has 1 aromatic rings. The van der Waals surface area contributed by atoms with Crippen molar-refractivity contribution in [2.24, 2.45) is 5.92 Å². The van der Waals surface area contributed by atoms with Gasteiger partial charge >= 0.3 is 6.09 Å². The van der Waals surface area contributed by atoms with Crippen LogP contribution < -0.4 is 0 Å². The van der Waals surface area contributed by atoms with Gasteiger partial charge in [-0.2, -0.15) is 0 Å². The maximum absolute atomic E-state index is 12.0. The van der Waals surface area contributed by atoms with Crippen molar-refractivity contribution in [2.75, 3.05) is 26.2 Å². The van der Waals surface area contributed by atoms with E-state index in [2.05, 4.69) is 29.2 Å². The molecule has 3 heterocycles. The van der Waals surface area contributed by atoms with Crippen LogP contribution in [0.4, 0.5) is 4.79 Å². The molecular formula is C19H26N2O2. The number of nitrogens with zero attached hydrogens (tertiary/aromatic N) is 2. The number of hydrogen-bond donors (Lipinski definition) is 1. The van der Waals surface area contributed by atoms with E-state index >= 15 is 0 Å². The Morgan fingerprint density at radius 2 is 2.00 bits per heavy atom. The summed E-state index contributed by atoms with van der Waals surface area (Å²) in [6, 6.07) is 8.81. The largest absolute Gasteiger partial charge is 0.465 e. The zero-order valence-electron chi connectivity index (χ0n) is 13.7. The molecule has 0 radical (unpaired) electrons. The molecule has 2 bridgehead atoms. The minimum atomic E-state index is -0.730. The molecule has 4 nitrogen and oxygen atoms in total. The van der Waals surface area contributed by atoms with E-state index in [1.807, 2.05) is 0 Å². The van der Waals surface area contributed by atoms with Gasteiger partial charge in [-0.25, -0.2) is 4.79 Å². The molecular weight excluding hydrogens is 288 g/mol. The van der Waals surface area contributed by atoms with Crippen LogP contribution >= 0.6 is 0 Å². The van der Waals surface area contributed by atoms with Gasteiger partial charge in [0.2, 0.25) is 0 Å². The summed E-state index contributed by atoms with van der Waals surface area (Å²) in [6.45, 7) is 3.91. The topological polar surface area (TPSA) is 43.8 Å². The van der Waals surface area contributed by atoms with Crippen LogP contribution in [0.2, 0.25) is 0 Å². The van der Waals surface area contributed by atoms with Gasteiger partial charge in [0, 0.05) is 19.0 Å². The van der Waals surface area contributed by atoms with Crippen molar-refractivity contribution in [2.45, 2.75) is 44.1 Å². The second-order valence-corrected chi connectivity index (χ2v) is 7.43. The Kier molecular flexibility index (Phi) is 4.02. The van der Waals surface area contributed by atoms with Gasteiger partial charge in [-0.1, -0.05) is 24.3 Å². The number of carboxylic acid groups (broad SMARTS) is 1. The first-order chi connectivity index (χ1) is 11.2. The first kappa shape index (κ1) is 15.0. The lowest BCUT2D eigenvalue weighted by atomic mass is 9.80. The fourth-order valence-electron chi connectivity index (χ4n) is 4.92. The molecule has 0 spiro atoms. The summed E-state index contributed by atoms with van der Waals surface area (Å²) in [6.07, 6.45) is 5.02. The van der Waals surface area contributed by atoms with Gasteiger partial charge in [-0.05, 0) is 62.2 Å². The molecule has 1 aliphatic carbocycles. The van der Waals surface area contributed by atoms with Crippen molar-refractivity contribution < 1.29 is 9.90 Å². The monoisotopic (exact) mass is 314 g/mol. The lowest BCUT2D eigenvalue weighted by molar-refractivity contribution is 0.00772. The minimum absolute atomic E-state index is 0.198. The molecule has 4 aliphatic rings. The highest BCUT2D eigenvalue weighted by molar-refractivity contribution is 5.65. The maximum atomic E-state index is 12.0. The van der Waals surface area contributed by atoms with Crippen LogP contribution in [0.25, 0.3) is 0 Å². The quantitative estimate of drug-likeness (QED) is 0.932. The molecule has 1 amide bonds. The summed E-state index contributed by atoms with van der Waals surface area (Å²) >= 11 is 0. The van der Waals surface area contributed by atoms with Gasteiger partial charge in [0.15, 0.2) is 0 Å². The predicted octanol–water partition coefficient (Wildman–Crippen LogP) is 3.18. The summed E-state index contributed by atoms with van der Waals surface area (Å²) in [5.41, 5.74) is 2.80. The highest BCUT2D eigenvalue weighted by atomic mass is 16.4. The van der Waals surface area contributed by atoms with Crippen molar-refractivity contribution in [1.82, 2.24) is 9.80 Å². The molecule has 0 aromatic heterocycles. The zero-order chi connectivity index (χ0) is 15.8. The fraction of sp³-hybridized carbons (Fsp3) is 0.632. The van der Waals surface area contributed by atoms with Gasteiger partial charge < -0.3 is 14.9 Å². The summed E-state index contributed by atoms with van der Waals surface area (Å²) < 4.78 is 0. The van der Waals surface area contributed by atoms with E-state index in [1.54, 1.807) is 4.90 Å². The van der Waals surface area contributed by atoms with E-state index in [4.69, 9.17) is 0 Å². The van der Waals surface area contributed by atoms with Gasteiger partial charge in [0.1, 0.15) is 0 Å². The SMILES string of the molecule is O=C(O)N(C[C@@H]1CCCc2ccccc21)[C@H]1CN2CCC1CC2. The standard InChI is InChI=1S/C19H26N2O2/c22-19(23)21(18-13-20-10-8-15(18)9-11-20)12-16-6-3-5-14-4-1-2-7-17(14)16/h1-2,4,7,15-16,18H,3,5-6,8-13H2,(H,22,23)/t16-,18-/m0/s1. The molecule has 3 fully saturated rings. The summed E-state index contributed by atoms with van der Waals surface area (Å²) in [5, 5.41) is 9.84. The van der Waals surface area contributed by atoms with E-state index in [9.17, 15) is 9.90 Å².